The number of nitrogens with zero attached hydrogens (tertiary/aromatic N) is 3. The maximum Gasteiger partial charge on any atom is 0.416 e. The van der Waals surface area contributed by atoms with Crippen molar-refractivity contribution in [3.8, 4) is 22.8 Å². The average molecular weight is 542 g/mol. The van der Waals surface area contributed by atoms with Crippen molar-refractivity contribution in [3.63, 3.8) is 0 Å². The molecule has 0 fully saturated rings. The van der Waals surface area contributed by atoms with Crippen molar-refractivity contribution >= 4 is 17.4 Å². The van der Waals surface area contributed by atoms with Gasteiger partial charge in [0.25, 0.3) is 0 Å². The Morgan fingerprint density at radius 3 is 1.98 bits per heavy atom. The van der Waals surface area contributed by atoms with Gasteiger partial charge in [0.1, 0.15) is 11.4 Å². The Morgan fingerprint density at radius 1 is 0.800 bits per heavy atom. The second-order valence-electron chi connectivity index (χ2n) is 8.63. The predicted molar refractivity (Wildman–Crippen MR) is 146 cm³/mol. The highest BCUT2D eigenvalue weighted by atomic mass is 19.4. The molecule has 1 aromatic heterocycles. The highest BCUT2D eigenvalue weighted by molar-refractivity contribution is 6.17. The van der Waals surface area contributed by atoms with Crippen LogP contribution < -0.4 is 10.7 Å². The smallest absolute Gasteiger partial charge is 0.416 e. The summed E-state index contributed by atoms with van der Waals surface area (Å²) >= 11 is 0. The van der Waals surface area contributed by atoms with Crippen LogP contribution in [0.15, 0.2) is 120 Å². The van der Waals surface area contributed by atoms with Crippen LogP contribution in [0.25, 0.3) is 16.9 Å². The van der Waals surface area contributed by atoms with E-state index in [1.807, 2.05) is 12.1 Å². The molecule has 10 heteroatoms. The number of benzene rings is 4. The van der Waals surface area contributed by atoms with Gasteiger partial charge < -0.3 is 10.4 Å². The van der Waals surface area contributed by atoms with Gasteiger partial charge in [-0.2, -0.15) is 28.1 Å². The van der Waals surface area contributed by atoms with Crippen LogP contribution in [0.3, 0.4) is 0 Å². The zero-order valence-corrected chi connectivity index (χ0v) is 20.8. The minimum Gasteiger partial charge on any atom is -0.493 e. The van der Waals surface area contributed by atoms with Gasteiger partial charge in [0, 0.05) is 16.8 Å². The SMILES string of the molecule is O=C(N/N=C(\c1ccc(C(F)(F)F)cc1)c1c(-c2ccccc2)nn(-c2ccccc2)c1O)Nc1ccccc1. The van der Waals surface area contributed by atoms with E-state index in [1.54, 1.807) is 78.9 Å². The summed E-state index contributed by atoms with van der Waals surface area (Å²) in [4.78, 5) is 12.7. The van der Waals surface area contributed by atoms with E-state index in [9.17, 15) is 23.1 Å². The van der Waals surface area contributed by atoms with Crippen LogP contribution in [-0.4, -0.2) is 26.6 Å². The number of rotatable bonds is 6. The van der Waals surface area contributed by atoms with Gasteiger partial charge in [0.15, 0.2) is 0 Å². The van der Waals surface area contributed by atoms with Gasteiger partial charge in [-0.25, -0.2) is 10.2 Å². The fourth-order valence-electron chi connectivity index (χ4n) is 4.04. The summed E-state index contributed by atoms with van der Waals surface area (Å²) in [7, 11) is 0. The first-order valence-electron chi connectivity index (χ1n) is 12.1. The fraction of sp³-hybridized carbons (Fsp3) is 0.0333. The van der Waals surface area contributed by atoms with Gasteiger partial charge in [-0.1, -0.05) is 78.9 Å². The molecule has 3 N–H and O–H groups in total. The van der Waals surface area contributed by atoms with Crippen LogP contribution in [0.2, 0.25) is 0 Å². The highest BCUT2D eigenvalue weighted by Gasteiger charge is 2.31. The molecule has 1 heterocycles. The monoisotopic (exact) mass is 541 g/mol. The number of aromatic hydroxyl groups is 1. The van der Waals surface area contributed by atoms with Crippen molar-refractivity contribution in [1.29, 1.82) is 0 Å². The van der Waals surface area contributed by atoms with Crippen molar-refractivity contribution in [2.75, 3.05) is 5.32 Å². The van der Waals surface area contributed by atoms with Crippen molar-refractivity contribution in [2.45, 2.75) is 6.18 Å². The Hall–Kier alpha value is -5.38. The number of nitrogens with one attached hydrogen (secondary N) is 2. The maximum atomic E-state index is 13.3. The average Bonchev–Trinajstić information content (AvgIpc) is 3.31. The van der Waals surface area contributed by atoms with Crippen molar-refractivity contribution in [2.24, 2.45) is 5.10 Å². The number of carbonyl (C=O) groups excluding carboxylic acids is 1. The lowest BCUT2D eigenvalue weighted by atomic mass is 9.98. The van der Waals surface area contributed by atoms with E-state index in [4.69, 9.17) is 0 Å². The molecule has 5 rings (SSSR count). The summed E-state index contributed by atoms with van der Waals surface area (Å²) in [6.07, 6.45) is -4.54. The van der Waals surface area contributed by atoms with Gasteiger partial charge in [-0.15, -0.1) is 0 Å². The fourth-order valence-corrected chi connectivity index (χ4v) is 4.04. The molecule has 200 valence electrons. The highest BCUT2D eigenvalue weighted by Crippen LogP contribution is 2.35. The van der Waals surface area contributed by atoms with E-state index in [0.29, 0.717) is 22.6 Å². The molecule has 40 heavy (non-hydrogen) atoms. The zero-order chi connectivity index (χ0) is 28.1. The number of anilines is 1. The van der Waals surface area contributed by atoms with Crippen molar-refractivity contribution in [3.05, 3.63) is 132 Å². The molecule has 2 amide bonds. The third-order valence-electron chi connectivity index (χ3n) is 5.93. The number of hydrazone groups is 1. The molecule has 0 spiro atoms. The Kier molecular flexibility index (Phi) is 7.32. The Bertz CT molecular complexity index is 1630. The first-order chi connectivity index (χ1) is 19.3. The quantitative estimate of drug-likeness (QED) is 0.162. The summed E-state index contributed by atoms with van der Waals surface area (Å²) in [5, 5.41) is 23.0. The van der Waals surface area contributed by atoms with E-state index < -0.39 is 17.8 Å². The first-order valence-corrected chi connectivity index (χ1v) is 12.1. The summed E-state index contributed by atoms with van der Waals surface area (Å²) in [6.45, 7) is 0. The molecule has 0 unspecified atom stereocenters. The molecule has 0 radical (unpaired) electrons. The molecule has 0 saturated heterocycles. The number of halogens is 3. The predicted octanol–water partition coefficient (Wildman–Crippen LogP) is 6.84. The van der Waals surface area contributed by atoms with E-state index in [2.05, 4.69) is 20.9 Å². The molecule has 0 saturated carbocycles. The van der Waals surface area contributed by atoms with Crippen LogP contribution >= 0.6 is 0 Å². The van der Waals surface area contributed by atoms with E-state index in [-0.39, 0.29) is 22.7 Å². The van der Waals surface area contributed by atoms with Gasteiger partial charge in [0.05, 0.1) is 16.8 Å². The molecule has 0 bridgehead atoms. The summed E-state index contributed by atoms with van der Waals surface area (Å²) in [5.74, 6) is -0.311. The molecule has 0 aliphatic carbocycles. The zero-order valence-electron chi connectivity index (χ0n) is 20.8. The molecule has 0 atom stereocenters. The first kappa shape index (κ1) is 26.2. The van der Waals surface area contributed by atoms with E-state index in [0.717, 1.165) is 12.1 Å². The van der Waals surface area contributed by atoms with E-state index in [1.165, 1.54) is 16.8 Å². The summed E-state index contributed by atoms with van der Waals surface area (Å²) in [6, 6.07) is 30.0. The summed E-state index contributed by atoms with van der Waals surface area (Å²) < 4.78 is 41.2. The lowest BCUT2D eigenvalue weighted by Gasteiger charge is -2.12. The van der Waals surface area contributed by atoms with Crippen molar-refractivity contribution < 1.29 is 23.1 Å². The Balaban J connectivity index is 1.65. The minimum atomic E-state index is -4.54. The molecular formula is C30H22F3N5O2. The number of para-hydroxylation sites is 2. The standard InChI is InChI=1S/C30H22F3N5O2/c31-30(32,33)22-18-16-21(17-19-22)26(35-36-29(40)34-23-12-6-2-7-13-23)25-27(20-10-4-1-5-11-20)37-38(28(25)39)24-14-8-3-9-15-24/h1-19,39H,(H2,34,36,40)/b35-26+. The van der Waals surface area contributed by atoms with Crippen LogP contribution in [0.5, 0.6) is 5.88 Å². The van der Waals surface area contributed by atoms with Crippen LogP contribution in [0.1, 0.15) is 16.7 Å². The molecule has 4 aromatic carbocycles. The number of hydrogen-bond acceptors (Lipinski definition) is 4. The summed E-state index contributed by atoms with van der Waals surface area (Å²) in [5.41, 5.74) is 3.88. The van der Waals surface area contributed by atoms with Crippen LogP contribution in [-0.2, 0) is 6.18 Å². The molecule has 0 aliphatic rings. The third kappa shape index (κ3) is 5.70. The van der Waals surface area contributed by atoms with E-state index >= 15 is 0 Å². The maximum absolute atomic E-state index is 13.3. The molecule has 5 aromatic rings. The lowest BCUT2D eigenvalue weighted by Crippen LogP contribution is -2.26. The Labute approximate surface area is 227 Å². The van der Waals surface area contributed by atoms with Gasteiger partial charge >= 0.3 is 12.2 Å². The minimum absolute atomic E-state index is 0.00969. The van der Waals surface area contributed by atoms with Crippen molar-refractivity contribution in [1.82, 2.24) is 15.2 Å². The largest absolute Gasteiger partial charge is 0.493 e. The number of urea groups is 1. The van der Waals surface area contributed by atoms with Gasteiger partial charge in [-0.05, 0) is 36.4 Å². The molecule has 7 nitrogen and oxygen atoms in total. The lowest BCUT2D eigenvalue weighted by molar-refractivity contribution is -0.137. The molecule has 0 aliphatic heterocycles. The van der Waals surface area contributed by atoms with Gasteiger partial charge in [0.2, 0.25) is 5.88 Å². The third-order valence-corrected chi connectivity index (χ3v) is 5.93. The van der Waals surface area contributed by atoms with Crippen LogP contribution in [0, 0.1) is 0 Å². The number of hydrogen-bond donors (Lipinski definition) is 3. The second-order valence-corrected chi connectivity index (χ2v) is 8.63. The van der Waals surface area contributed by atoms with Crippen LogP contribution in [0.4, 0.5) is 23.7 Å². The number of carbonyl (C=O) groups is 1. The number of aromatic nitrogens is 2. The number of amides is 2. The topological polar surface area (TPSA) is 91.5 Å². The molecular weight excluding hydrogens is 519 g/mol. The normalized spacial score (nSPS) is 11.7. The number of alkyl halides is 3. The second kappa shape index (κ2) is 11.2. The Morgan fingerprint density at radius 2 is 1.38 bits per heavy atom. The van der Waals surface area contributed by atoms with Gasteiger partial charge in [-0.3, -0.25) is 0 Å².